The van der Waals surface area contributed by atoms with Crippen LogP contribution in [0.1, 0.15) is 12.8 Å². The number of nitrogen functional groups attached to an aromatic ring is 1. The maximum absolute atomic E-state index is 6.19. The van der Waals surface area contributed by atoms with Gasteiger partial charge in [0.25, 0.3) is 0 Å². The van der Waals surface area contributed by atoms with E-state index in [2.05, 4.69) is 16.9 Å². The van der Waals surface area contributed by atoms with Gasteiger partial charge >= 0.3 is 0 Å². The highest BCUT2D eigenvalue weighted by Gasteiger charge is 2.19. The number of pyridine rings is 1. The van der Waals surface area contributed by atoms with Crippen molar-refractivity contribution in [2.24, 2.45) is 0 Å². The van der Waals surface area contributed by atoms with E-state index in [4.69, 9.17) is 10.5 Å². The first-order chi connectivity index (χ1) is 9.24. The number of nitrogens with two attached hydrogens (primary N) is 1. The summed E-state index contributed by atoms with van der Waals surface area (Å²) in [5.74, 6) is 0.787. The molecule has 2 heterocycles. The molecule has 0 atom stereocenters. The van der Waals surface area contributed by atoms with Crippen LogP contribution in [-0.4, -0.2) is 36.1 Å². The summed E-state index contributed by atoms with van der Waals surface area (Å²) in [6.07, 6.45) is 4.16. The van der Waals surface area contributed by atoms with Crippen molar-refractivity contribution in [1.82, 2.24) is 9.88 Å². The Morgan fingerprint density at radius 3 is 2.84 bits per heavy atom. The largest absolute Gasteiger partial charge is 0.488 e. The minimum Gasteiger partial charge on any atom is -0.488 e. The predicted octanol–water partition coefficient (Wildman–Crippen LogP) is 2.29. The normalized spacial score (nSPS) is 17.7. The number of ether oxygens (including phenoxy) is 1. The fraction of sp³-hybridized carbons (Fsp3) is 0.400. The van der Waals surface area contributed by atoms with Crippen molar-refractivity contribution >= 4 is 16.6 Å². The van der Waals surface area contributed by atoms with Gasteiger partial charge in [0.1, 0.15) is 11.9 Å². The van der Waals surface area contributed by atoms with Crippen LogP contribution >= 0.6 is 0 Å². The second-order valence-electron chi connectivity index (χ2n) is 5.17. The van der Waals surface area contributed by atoms with Crippen LogP contribution in [0.5, 0.6) is 5.75 Å². The van der Waals surface area contributed by atoms with Gasteiger partial charge in [-0.2, -0.15) is 0 Å². The summed E-state index contributed by atoms with van der Waals surface area (Å²) >= 11 is 0. The van der Waals surface area contributed by atoms with Gasteiger partial charge in [-0.05, 0) is 44.2 Å². The van der Waals surface area contributed by atoms with Crippen LogP contribution in [-0.2, 0) is 0 Å². The van der Waals surface area contributed by atoms with E-state index in [0.717, 1.165) is 42.6 Å². The molecule has 0 radical (unpaired) electrons. The number of fused-ring (bicyclic) bond motifs is 1. The molecule has 0 bridgehead atoms. The molecular weight excluding hydrogens is 238 g/mol. The van der Waals surface area contributed by atoms with E-state index in [0.29, 0.717) is 5.69 Å². The SMILES string of the molecule is CN1CCC(Oc2ccc3ncccc3c2N)CC1. The fourth-order valence-electron chi connectivity index (χ4n) is 2.54. The number of benzene rings is 1. The predicted molar refractivity (Wildman–Crippen MR) is 77.3 cm³/mol. The summed E-state index contributed by atoms with van der Waals surface area (Å²) in [4.78, 5) is 6.62. The van der Waals surface area contributed by atoms with Crippen LogP contribution in [0, 0.1) is 0 Å². The molecule has 100 valence electrons. The van der Waals surface area contributed by atoms with Crippen molar-refractivity contribution in [2.75, 3.05) is 25.9 Å². The molecule has 2 aromatic rings. The van der Waals surface area contributed by atoms with Crippen LogP contribution in [0.2, 0.25) is 0 Å². The zero-order valence-electron chi connectivity index (χ0n) is 11.2. The number of hydrogen-bond acceptors (Lipinski definition) is 4. The lowest BCUT2D eigenvalue weighted by molar-refractivity contribution is 0.115. The van der Waals surface area contributed by atoms with E-state index in [9.17, 15) is 0 Å². The van der Waals surface area contributed by atoms with Gasteiger partial charge in [-0.25, -0.2) is 0 Å². The maximum atomic E-state index is 6.19. The van der Waals surface area contributed by atoms with Gasteiger partial charge in [0.15, 0.2) is 0 Å². The number of piperidine rings is 1. The molecule has 1 aliphatic rings. The highest BCUT2D eigenvalue weighted by Crippen LogP contribution is 2.31. The molecule has 1 aliphatic heterocycles. The van der Waals surface area contributed by atoms with Crippen molar-refractivity contribution in [3.8, 4) is 5.75 Å². The van der Waals surface area contributed by atoms with Gasteiger partial charge in [-0.15, -0.1) is 0 Å². The topological polar surface area (TPSA) is 51.4 Å². The van der Waals surface area contributed by atoms with Gasteiger partial charge in [-0.3, -0.25) is 4.98 Å². The highest BCUT2D eigenvalue weighted by molar-refractivity contribution is 5.93. The molecule has 4 heteroatoms. The molecule has 4 nitrogen and oxygen atoms in total. The minimum atomic E-state index is 0.271. The smallest absolute Gasteiger partial charge is 0.143 e. The van der Waals surface area contributed by atoms with E-state index >= 15 is 0 Å². The van der Waals surface area contributed by atoms with Crippen LogP contribution in [0.3, 0.4) is 0 Å². The highest BCUT2D eigenvalue weighted by atomic mass is 16.5. The van der Waals surface area contributed by atoms with E-state index in [-0.39, 0.29) is 6.10 Å². The standard InChI is InChI=1S/C15H19N3O/c1-18-9-6-11(7-10-18)19-14-5-4-13-12(15(14)16)3-2-8-17-13/h2-5,8,11H,6-7,9-10,16H2,1H3. The molecule has 0 spiro atoms. The molecule has 1 fully saturated rings. The van der Waals surface area contributed by atoms with Crippen molar-refractivity contribution in [2.45, 2.75) is 18.9 Å². The van der Waals surface area contributed by atoms with Crippen LogP contribution in [0.15, 0.2) is 30.5 Å². The third-order valence-electron chi connectivity index (χ3n) is 3.75. The third-order valence-corrected chi connectivity index (χ3v) is 3.75. The first-order valence-electron chi connectivity index (χ1n) is 6.72. The Balaban J connectivity index is 1.83. The Labute approximate surface area is 113 Å². The molecule has 2 N–H and O–H groups in total. The molecule has 0 aliphatic carbocycles. The Hall–Kier alpha value is -1.81. The lowest BCUT2D eigenvalue weighted by Crippen LogP contribution is -2.35. The number of anilines is 1. The second kappa shape index (κ2) is 5.05. The van der Waals surface area contributed by atoms with E-state index in [1.165, 1.54) is 0 Å². The van der Waals surface area contributed by atoms with Gasteiger partial charge in [0.2, 0.25) is 0 Å². The Morgan fingerprint density at radius 1 is 1.26 bits per heavy atom. The molecule has 19 heavy (non-hydrogen) atoms. The van der Waals surface area contributed by atoms with Gasteiger partial charge in [0, 0.05) is 24.7 Å². The van der Waals surface area contributed by atoms with Crippen molar-refractivity contribution in [3.05, 3.63) is 30.5 Å². The third kappa shape index (κ3) is 2.49. The number of hydrogen-bond donors (Lipinski definition) is 1. The molecule has 0 amide bonds. The first kappa shape index (κ1) is 12.2. The summed E-state index contributed by atoms with van der Waals surface area (Å²) in [6, 6.07) is 7.79. The van der Waals surface area contributed by atoms with Crippen LogP contribution in [0.25, 0.3) is 10.9 Å². The number of rotatable bonds is 2. The maximum Gasteiger partial charge on any atom is 0.143 e. The Kier molecular flexibility index (Phi) is 3.25. The minimum absolute atomic E-state index is 0.271. The first-order valence-corrected chi connectivity index (χ1v) is 6.72. The zero-order chi connectivity index (χ0) is 13.2. The molecule has 0 saturated carbocycles. The van der Waals surface area contributed by atoms with Crippen LogP contribution < -0.4 is 10.5 Å². The summed E-state index contributed by atoms with van der Waals surface area (Å²) in [5.41, 5.74) is 7.80. The lowest BCUT2D eigenvalue weighted by Gasteiger charge is -2.29. The molecule has 3 rings (SSSR count). The van der Waals surface area contributed by atoms with E-state index in [1.807, 2.05) is 24.3 Å². The summed E-state index contributed by atoms with van der Waals surface area (Å²) in [6.45, 7) is 2.17. The Bertz CT molecular complexity index is 577. The fourth-order valence-corrected chi connectivity index (χ4v) is 2.54. The van der Waals surface area contributed by atoms with Crippen molar-refractivity contribution in [1.29, 1.82) is 0 Å². The summed E-state index contributed by atoms with van der Waals surface area (Å²) < 4.78 is 6.06. The molecule has 0 unspecified atom stereocenters. The molecule has 1 saturated heterocycles. The second-order valence-corrected chi connectivity index (χ2v) is 5.17. The average molecular weight is 257 g/mol. The zero-order valence-corrected chi connectivity index (χ0v) is 11.2. The Morgan fingerprint density at radius 2 is 2.05 bits per heavy atom. The molecule has 1 aromatic carbocycles. The van der Waals surface area contributed by atoms with E-state index < -0.39 is 0 Å². The van der Waals surface area contributed by atoms with Crippen molar-refractivity contribution < 1.29 is 4.74 Å². The number of aromatic nitrogens is 1. The monoisotopic (exact) mass is 257 g/mol. The molecule has 1 aromatic heterocycles. The van der Waals surface area contributed by atoms with E-state index in [1.54, 1.807) is 6.20 Å². The lowest BCUT2D eigenvalue weighted by atomic mass is 10.1. The summed E-state index contributed by atoms with van der Waals surface area (Å²) in [7, 11) is 2.15. The average Bonchev–Trinajstić information content (AvgIpc) is 2.45. The van der Waals surface area contributed by atoms with Gasteiger partial charge in [-0.1, -0.05) is 0 Å². The van der Waals surface area contributed by atoms with Crippen LogP contribution in [0.4, 0.5) is 5.69 Å². The van der Waals surface area contributed by atoms with Gasteiger partial charge in [0.05, 0.1) is 11.2 Å². The molecular formula is C15H19N3O. The quantitative estimate of drug-likeness (QED) is 0.839. The van der Waals surface area contributed by atoms with Crippen molar-refractivity contribution in [3.63, 3.8) is 0 Å². The number of nitrogens with zero attached hydrogens (tertiary/aromatic N) is 2. The number of likely N-dealkylation sites (tertiary alicyclic amines) is 1. The summed E-state index contributed by atoms with van der Waals surface area (Å²) in [5, 5.41) is 0.966. The van der Waals surface area contributed by atoms with Gasteiger partial charge < -0.3 is 15.4 Å².